The number of rotatable bonds is 1. The van der Waals surface area contributed by atoms with Crippen LogP contribution in [0.4, 0.5) is 5.82 Å². The van der Waals surface area contributed by atoms with E-state index < -0.39 is 12.2 Å². The predicted molar refractivity (Wildman–Crippen MR) is 63.8 cm³/mol. The number of aliphatic hydroxyl groups is 2. The Balaban J connectivity index is 2.06. The van der Waals surface area contributed by atoms with Gasteiger partial charge in [-0.25, -0.2) is 0 Å². The minimum absolute atomic E-state index is 0.393. The molecule has 2 heterocycles. The van der Waals surface area contributed by atoms with E-state index in [-0.39, 0.29) is 0 Å². The van der Waals surface area contributed by atoms with Gasteiger partial charge in [0.05, 0.1) is 18.4 Å². The Hall–Kier alpha value is -1.72. The second-order valence-electron chi connectivity index (χ2n) is 4.30. The molecular formula is C12H13N3O2. The second kappa shape index (κ2) is 3.94. The highest BCUT2D eigenvalue weighted by atomic mass is 16.3. The van der Waals surface area contributed by atoms with Crippen LogP contribution in [0.15, 0.2) is 30.5 Å². The third-order valence-corrected chi connectivity index (χ3v) is 3.11. The number of hydrogen-bond acceptors (Lipinski definition) is 5. The average molecular weight is 231 g/mol. The van der Waals surface area contributed by atoms with Crippen molar-refractivity contribution in [3.63, 3.8) is 0 Å². The third kappa shape index (κ3) is 1.73. The Labute approximate surface area is 98.3 Å². The summed E-state index contributed by atoms with van der Waals surface area (Å²) in [7, 11) is 0. The number of fused-ring (bicyclic) bond motifs is 1. The minimum atomic E-state index is -0.712. The summed E-state index contributed by atoms with van der Waals surface area (Å²) in [5, 5.41) is 29.2. The zero-order valence-corrected chi connectivity index (χ0v) is 9.19. The van der Waals surface area contributed by atoms with Gasteiger partial charge in [0.1, 0.15) is 0 Å². The molecule has 1 aliphatic rings. The molecule has 5 heteroatoms. The molecule has 1 aromatic carbocycles. The van der Waals surface area contributed by atoms with E-state index in [4.69, 9.17) is 0 Å². The topological polar surface area (TPSA) is 69.5 Å². The van der Waals surface area contributed by atoms with Gasteiger partial charge >= 0.3 is 0 Å². The summed E-state index contributed by atoms with van der Waals surface area (Å²) >= 11 is 0. The molecule has 5 nitrogen and oxygen atoms in total. The largest absolute Gasteiger partial charge is 0.389 e. The summed E-state index contributed by atoms with van der Waals surface area (Å²) in [6.07, 6.45) is 0.286. The molecule has 2 atom stereocenters. The summed E-state index contributed by atoms with van der Waals surface area (Å²) in [6, 6.07) is 7.82. The van der Waals surface area contributed by atoms with Crippen LogP contribution in [0.1, 0.15) is 0 Å². The predicted octanol–water partition coefficient (Wildman–Crippen LogP) is 0.172. The molecule has 2 aromatic rings. The molecule has 1 saturated heterocycles. The van der Waals surface area contributed by atoms with Crippen LogP contribution >= 0.6 is 0 Å². The van der Waals surface area contributed by atoms with Crippen molar-refractivity contribution in [2.24, 2.45) is 0 Å². The fraction of sp³-hybridized carbons (Fsp3) is 0.333. The van der Waals surface area contributed by atoms with Crippen LogP contribution in [0, 0.1) is 0 Å². The molecule has 1 aromatic heterocycles. The van der Waals surface area contributed by atoms with Crippen molar-refractivity contribution in [3.05, 3.63) is 30.5 Å². The monoisotopic (exact) mass is 231 g/mol. The maximum atomic E-state index is 9.56. The maximum Gasteiger partial charge on any atom is 0.159 e. The Morgan fingerprint density at radius 1 is 1.12 bits per heavy atom. The quantitative estimate of drug-likeness (QED) is 0.732. The molecule has 0 aliphatic carbocycles. The van der Waals surface area contributed by atoms with E-state index >= 15 is 0 Å². The molecule has 17 heavy (non-hydrogen) atoms. The van der Waals surface area contributed by atoms with Crippen molar-refractivity contribution in [1.82, 2.24) is 10.2 Å². The Morgan fingerprint density at radius 2 is 1.82 bits per heavy atom. The van der Waals surface area contributed by atoms with Crippen LogP contribution in [0.5, 0.6) is 0 Å². The van der Waals surface area contributed by atoms with Gasteiger partial charge in [0.25, 0.3) is 0 Å². The van der Waals surface area contributed by atoms with Gasteiger partial charge in [-0.2, -0.15) is 5.10 Å². The summed E-state index contributed by atoms with van der Waals surface area (Å²) < 4.78 is 0. The summed E-state index contributed by atoms with van der Waals surface area (Å²) in [4.78, 5) is 1.87. The van der Waals surface area contributed by atoms with Crippen LogP contribution in [-0.2, 0) is 0 Å². The van der Waals surface area contributed by atoms with Crippen molar-refractivity contribution in [3.8, 4) is 0 Å². The van der Waals surface area contributed by atoms with Gasteiger partial charge in [-0.3, -0.25) is 0 Å². The lowest BCUT2D eigenvalue weighted by Gasteiger charge is -2.17. The van der Waals surface area contributed by atoms with E-state index in [9.17, 15) is 10.2 Å². The molecule has 1 aliphatic heterocycles. The number of aromatic nitrogens is 2. The number of anilines is 1. The first-order valence-electron chi connectivity index (χ1n) is 5.57. The number of benzene rings is 1. The summed E-state index contributed by atoms with van der Waals surface area (Å²) in [5.74, 6) is 0.721. The standard InChI is InChI=1S/C12H13N3O2/c16-10-6-15(7-11(10)17)12-9-4-2-1-3-8(9)5-13-14-12/h1-5,10-11,16-17H,6-7H2. The molecule has 2 N–H and O–H groups in total. The lowest BCUT2D eigenvalue weighted by atomic mass is 10.2. The highest BCUT2D eigenvalue weighted by Crippen LogP contribution is 2.26. The molecule has 3 rings (SSSR count). The van der Waals surface area contributed by atoms with E-state index in [1.165, 1.54) is 0 Å². The van der Waals surface area contributed by atoms with Crippen LogP contribution in [-0.4, -0.2) is 45.7 Å². The van der Waals surface area contributed by atoms with Crippen LogP contribution in [0.25, 0.3) is 10.8 Å². The fourth-order valence-corrected chi connectivity index (χ4v) is 2.19. The molecule has 88 valence electrons. The fourth-order valence-electron chi connectivity index (χ4n) is 2.19. The second-order valence-corrected chi connectivity index (χ2v) is 4.30. The van der Waals surface area contributed by atoms with Crippen LogP contribution < -0.4 is 4.90 Å². The van der Waals surface area contributed by atoms with E-state index in [0.29, 0.717) is 13.1 Å². The Morgan fingerprint density at radius 3 is 2.59 bits per heavy atom. The normalized spacial score (nSPS) is 24.5. The van der Waals surface area contributed by atoms with Crippen molar-refractivity contribution >= 4 is 16.6 Å². The lowest BCUT2D eigenvalue weighted by molar-refractivity contribution is 0.0572. The van der Waals surface area contributed by atoms with Crippen molar-refractivity contribution in [2.45, 2.75) is 12.2 Å². The van der Waals surface area contributed by atoms with Gasteiger partial charge in [-0.1, -0.05) is 24.3 Å². The highest BCUT2D eigenvalue weighted by molar-refractivity contribution is 5.91. The lowest BCUT2D eigenvalue weighted by Crippen LogP contribution is -2.22. The number of hydrogen-bond donors (Lipinski definition) is 2. The van der Waals surface area contributed by atoms with E-state index in [1.54, 1.807) is 6.20 Å². The maximum absolute atomic E-state index is 9.56. The van der Waals surface area contributed by atoms with E-state index in [0.717, 1.165) is 16.6 Å². The van der Waals surface area contributed by atoms with Gasteiger partial charge in [-0.15, -0.1) is 5.10 Å². The number of aliphatic hydroxyl groups excluding tert-OH is 2. The van der Waals surface area contributed by atoms with Gasteiger partial charge in [0.2, 0.25) is 0 Å². The molecular weight excluding hydrogens is 218 g/mol. The third-order valence-electron chi connectivity index (χ3n) is 3.11. The minimum Gasteiger partial charge on any atom is -0.389 e. The molecule has 0 bridgehead atoms. The molecule has 1 fully saturated rings. The highest BCUT2D eigenvalue weighted by Gasteiger charge is 2.31. The summed E-state index contributed by atoms with van der Waals surface area (Å²) in [5.41, 5.74) is 0. The number of β-amino-alcohol motifs (C(OH)–C–C–N with tert-alkyl or cyclic N) is 2. The molecule has 0 radical (unpaired) electrons. The van der Waals surface area contributed by atoms with Gasteiger partial charge in [-0.05, 0) is 0 Å². The summed E-state index contributed by atoms with van der Waals surface area (Å²) in [6.45, 7) is 0.785. The zero-order chi connectivity index (χ0) is 11.8. The van der Waals surface area contributed by atoms with Crippen molar-refractivity contribution < 1.29 is 10.2 Å². The molecule has 0 saturated carbocycles. The van der Waals surface area contributed by atoms with Gasteiger partial charge in [0.15, 0.2) is 5.82 Å². The first kappa shape index (κ1) is 10.4. The van der Waals surface area contributed by atoms with E-state index in [2.05, 4.69) is 10.2 Å². The van der Waals surface area contributed by atoms with Gasteiger partial charge < -0.3 is 15.1 Å². The first-order valence-corrected chi connectivity index (χ1v) is 5.57. The average Bonchev–Trinajstić information content (AvgIpc) is 2.69. The van der Waals surface area contributed by atoms with E-state index in [1.807, 2.05) is 29.2 Å². The van der Waals surface area contributed by atoms with Crippen molar-refractivity contribution in [1.29, 1.82) is 0 Å². The van der Waals surface area contributed by atoms with Crippen LogP contribution in [0.3, 0.4) is 0 Å². The van der Waals surface area contributed by atoms with Crippen LogP contribution in [0.2, 0.25) is 0 Å². The molecule has 2 unspecified atom stereocenters. The smallest absolute Gasteiger partial charge is 0.159 e. The Bertz CT molecular complexity index is 531. The first-order chi connectivity index (χ1) is 8.25. The van der Waals surface area contributed by atoms with Gasteiger partial charge in [0, 0.05) is 23.9 Å². The molecule has 0 spiro atoms. The molecule has 0 amide bonds. The van der Waals surface area contributed by atoms with Crippen molar-refractivity contribution in [2.75, 3.05) is 18.0 Å². The zero-order valence-electron chi connectivity index (χ0n) is 9.19. The Kier molecular flexibility index (Phi) is 2.42. The SMILES string of the molecule is OC1CN(c2nncc3ccccc23)CC1O. The number of nitrogens with zero attached hydrogens (tertiary/aromatic N) is 3.